The highest BCUT2D eigenvalue weighted by atomic mass is 16.2. The molecule has 27 heavy (non-hydrogen) atoms. The number of aromatic nitrogens is 3. The Labute approximate surface area is 157 Å². The number of anilines is 1. The van der Waals surface area contributed by atoms with Crippen LogP contribution in [0.25, 0.3) is 0 Å². The first-order valence-electron chi connectivity index (χ1n) is 9.15. The van der Waals surface area contributed by atoms with Crippen molar-refractivity contribution in [2.75, 3.05) is 24.5 Å². The molecule has 2 aromatic heterocycles. The molecule has 144 valence electrons. The van der Waals surface area contributed by atoms with E-state index in [1.165, 1.54) is 4.68 Å². The van der Waals surface area contributed by atoms with Gasteiger partial charge in [-0.1, -0.05) is 13.8 Å². The van der Waals surface area contributed by atoms with Crippen molar-refractivity contribution in [3.05, 3.63) is 56.4 Å². The fraction of sp³-hybridized carbons (Fsp3) is 0.474. The second-order valence-electron chi connectivity index (χ2n) is 7.30. The molecule has 3 rings (SSSR count). The second kappa shape index (κ2) is 7.77. The number of hydrogen-bond donors (Lipinski definition) is 2. The zero-order chi connectivity index (χ0) is 19.6. The Bertz CT molecular complexity index is 947. The van der Waals surface area contributed by atoms with Crippen molar-refractivity contribution in [2.24, 2.45) is 13.0 Å². The lowest BCUT2D eigenvalue weighted by atomic mass is 10.1. The molecule has 0 aliphatic carbocycles. The van der Waals surface area contributed by atoms with E-state index in [-0.39, 0.29) is 34.4 Å². The number of carbonyl (C=O) groups is 1. The summed E-state index contributed by atoms with van der Waals surface area (Å²) in [5.74, 6) is 0.0934. The maximum atomic E-state index is 12.3. The van der Waals surface area contributed by atoms with Gasteiger partial charge in [-0.05, 0) is 30.4 Å². The van der Waals surface area contributed by atoms with E-state index in [0.29, 0.717) is 6.54 Å². The number of pyridine rings is 1. The van der Waals surface area contributed by atoms with Crippen LogP contribution in [-0.4, -0.2) is 40.3 Å². The summed E-state index contributed by atoms with van der Waals surface area (Å²) in [4.78, 5) is 41.0. The smallest absolute Gasteiger partial charge is 0.268 e. The third-order valence-corrected chi connectivity index (χ3v) is 4.95. The largest absolute Gasteiger partial charge is 0.370 e. The molecule has 0 radical (unpaired) electrons. The van der Waals surface area contributed by atoms with Gasteiger partial charge in [0.1, 0.15) is 5.56 Å². The van der Waals surface area contributed by atoms with Gasteiger partial charge in [-0.2, -0.15) is 5.10 Å². The van der Waals surface area contributed by atoms with Crippen molar-refractivity contribution in [2.45, 2.75) is 26.2 Å². The fourth-order valence-electron chi connectivity index (χ4n) is 3.20. The summed E-state index contributed by atoms with van der Waals surface area (Å²) in [5, 5.41) is 6.90. The van der Waals surface area contributed by atoms with Crippen LogP contribution in [0.3, 0.4) is 0 Å². The van der Waals surface area contributed by atoms with Gasteiger partial charge in [0.05, 0.1) is 11.9 Å². The Morgan fingerprint density at radius 2 is 2.15 bits per heavy atom. The zero-order valence-electron chi connectivity index (χ0n) is 15.9. The number of hydrogen-bond acceptors (Lipinski definition) is 5. The molecule has 0 bridgehead atoms. The Hall–Kier alpha value is -2.90. The van der Waals surface area contributed by atoms with Gasteiger partial charge in [0.25, 0.3) is 17.0 Å². The summed E-state index contributed by atoms with van der Waals surface area (Å²) in [5.41, 5.74) is 1.23. The van der Waals surface area contributed by atoms with Gasteiger partial charge < -0.3 is 15.2 Å². The molecule has 1 amide bonds. The van der Waals surface area contributed by atoms with Gasteiger partial charge in [-0.3, -0.25) is 14.4 Å². The molecule has 8 heteroatoms. The second-order valence-corrected chi connectivity index (χ2v) is 7.30. The van der Waals surface area contributed by atoms with Crippen molar-refractivity contribution < 1.29 is 4.79 Å². The number of rotatable bonds is 5. The highest BCUT2D eigenvalue weighted by Gasteiger charge is 2.24. The van der Waals surface area contributed by atoms with E-state index in [2.05, 4.69) is 20.3 Å². The molecule has 0 spiro atoms. The zero-order valence-corrected chi connectivity index (χ0v) is 15.9. The lowest BCUT2D eigenvalue weighted by Crippen LogP contribution is -2.34. The van der Waals surface area contributed by atoms with Gasteiger partial charge in [0, 0.05) is 38.4 Å². The molecule has 2 aromatic rings. The first-order valence-corrected chi connectivity index (χ1v) is 9.15. The van der Waals surface area contributed by atoms with Crippen LogP contribution in [0.4, 0.5) is 5.69 Å². The Kier molecular flexibility index (Phi) is 5.43. The molecule has 1 aliphatic rings. The average molecular weight is 371 g/mol. The molecule has 1 fully saturated rings. The van der Waals surface area contributed by atoms with Crippen molar-refractivity contribution >= 4 is 11.6 Å². The van der Waals surface area contributed by atoms with Gasteiger partial charge in [0.15, 0.2) is 0 Å². The first kappa shape index (κ1) is 18.9. The lowest BCUT2D eigenvalue weighted by molar-refractivity contribution is 0.0946. The minimum absolute atomic E-state index is 0.130. The van der Waals surface area contributed by atoms with E-state index in [4.69, 9.17) is 0 Å². The number of H-pyrrole nitrogens is 1. The van der Waals surface area contributed by atoms with Crippen LogP contribution in [0.1, 0.15) is 42.2 Å². The topological polar surface area (TPSA) is 100 Å². The summed E-state index contributed by atoms with van der Waals surface area (Å²) >= 11 is 0. The minimum Gasteiger partial charge on any atom is -0.370 e. The van der Waals surface area contributed by atoms with Crippen LogP contribution in [0.2, 0.25) is 0 Å². The van der Waals surface area contributed by atoms with Crippen LogP contribution in [-0.2, 0) is 7.05 Å². The lowest BCUT2D eigenvalue weighted by Gasteiger charge is -2.18. The molecular formula is C19H25N5O3. The molecule has 3 heterocycles. The Morgan fingerprint density at radius 1 is 1.37 bits per heavy atom. The molecular weight excluding hydrogens is 346 g/mol. The number of nitrogens with zero attached hydrogens (tertiary/aromatic N) is 3. The number of aromatic amines is 1. The summed E-state index contributed by atoms with van der Waals surface area (Å²) in [6.07, 6.45) is 2.58. The molecule has 1 aliphatic heterocycles. The highest BCUT2D eigenvalue weighted by Crippen LogP contribution is 2.21. The first-order chi connectivity index (χ1) is 12.8. The summed E-state index contributed by atoms with van der Waals surface area (Å²) in [7, 11) is 1.61. The van der Waals surface area contributed by atoms with Crippen molar-refractivity contribution in [1.29, 1.82) is 0 Å². The van der Waals surface area contributed by atoms with Crippen LogP contribution in [0.15, 0.2) is 34.0 Å². The predicted octanol–water partition coefficient (Wildman–Crippen LogP) is 0.848. The fourth-order valence-corrected chi connectivity index (χ4v) is 3.20. The predicted molar refractivity (Wildman–Crippen MR) is 103 cm³/mol. The summed E-state index contributed by atoms with van der Waals surface area (Å²) in [6, 6.07) is 4.93. The van der Waals surface area contributed by atoms with Crippen LogP contribution in [0, 0.1) is 5.92 Å². The molecule has 1 saturated heterocycles. The minimum atomic E-state index is -0.363. The van der Waals surface area contributed by atoms with Crippen LogP contribution >= 0.6 is 0 Å². The molecule has 2 N–H and O–H groups in total. The number of nitrogens with one attached hydrogen (secondary N) is 2. The monoisotopic (exact) mass is 371 g/mol. The normalized spacial score (nSPS) is 16.7. The standard InChI is InChI=1S/C19H25N5O3/c1-12(2)16-5-4-15(19(27)22-16)18(26)20-9-13-6-7-24(11-13)14-8-17(25)23(3)21-10-14/h4-5,8,10,12-13H,6-7,9,11H2,1-3H3,(H,20,26)(H,22,27)/t13-/m1/s1. The molecule has 0 unspecified atom stereocenters. The van der Waals surface area contributed by atoms with E-state index in [9.17, 15) is 14.4 Å². The van der Waals surface area contributed by atoms with E-state index >= 15 is 0 Å². The van der Waals surface area contributed by atoms with E-state index < -0.39 is 0 Å². The SMILES string of the molecule is CC(C)c1ccc(C(=O)NC[C@H]2CCN(c3cnn(C)c(=O)c3)C2)c(=O)[nH]1. The van der Waals surface area contributed by atoms with Crippen molar-refractivity contribution in [3.8, 4) is 0 Å². The Morgan fingerprint density at radius 3 is 2.81 bits per heavy atom. The molecule has 0 aromatic carbocycles. The third kappa shape index (κ3) is 4.27. The molecule has 8 nitrogen and oxygen atoms in total. The van der Waals surface area contributed by atoms with Crippen LogP contribution < -0.4 is 21.3 Å². The average Bonchev–Trinajstić information content (AvgIpc) is 3.11. The quantitative estimate of drug-likeness (QED) is 0.812. The van der Waals surface area contributed by atoms with Crippen molar-refractivity contribution in [1.82, 2.24) is 20.1 Å². The van der Waals surface area contributed by atoms with Gasteiger partial charge in [0.2, 0.25) is 0 Å². The van der Waals surface area contributed by atoms with Crippen LogP contribution in [0.5, 0.6) is 0 Å². The van der Waals surface area contributed by atoms with Gasteiger partial charge in [-0.15, -0.1) is 0 Å². The summed E-state index contributed by atoms with van der Waals surface area (Å²) < 4.78 is 1.29. The molecule has 0 saturated carbocycles. The molecule has 1 atom stereocenters. The summed E-state index contributed by atoms with van der Waals surface area (Å²) in [6.45, 7) is 5.99. The van der Waals surface area contributed by atoms with Gasteiger partial charge in [-0.25, -0.2) is 4.68 Å². The van der Waals surface area contributed by atoms with Crippen molar-refractivity contribution in [3.63, 3.8) is 0 Å². The van der Waals surface area contributed by atoms with E-state index in [1.54, 1.807) is 31.4 Å². The number of aryl methyl sites for hydroxylation is 1. The Balaban J connectivity index is 1.58. The number of carbonyl (C=O) groups excluding carboxylic acids is 1. The van der Waals surface area contributed by atoms with E-state index in [0.717, 1.165) is 30.9 Å². The maximum Gasteiger partial charge on any atom is 0.268 e. The van der Waals surface area contributed by atoms with E-state index in [1.807, 2.05) is 13.8 Å². The third-order valence-electron chi connectivity index (χ3n) is 4.95. The van der Waals surface area contributed by atoms with Gasteiger partial charge >= 0.3 is 0 Å². The maximum absolute atomic E-state index is 12.3. The number of amides is 1. The highest BCUT2D eigenvalue weighted by molar-refractivity contribution is 5.93.